The number of nitrogens with zero attached hydrogens (tertiary/aromatic N) is 1. The summed E-state index contributed by atoms with van der Waals surface area (Å²) in [4.78, 5) is 16.1. The van der Waals surface area contributed by atoms with Crippen LogP contribution in [0.15, 0.2) is 40.1 Å². The van der Waals surface area contributed by atoms with Gasteiger partial charge in [-0.1, -0.05) is 42.1 Å². The third-order valence-electron chi connectivity index (χ3n) is 2.55. The summed E-state index contributed by atoms with van der Waals surface area (Å²) in [7, 11) is 0. The number of nitrogens with one attached hydrogen (secondary N) is 1. The van der Waals surface area contributed by atoms with Crippen molar-refractivity contribution in [3.05, 3.63) is 35.7 Å². The van der Waals surface area contributed by atoms with E-state index in [0.717, 1.165) is 21.3 Å². The Balaban J connectivity index is 1.74. The SMILES string of the molecule is CC(C)(C)OC(=O)NCCSc1nc(-c2ccccc2)cs1. The van der Waals surface area contributed by atoms with Crippen LogP contribution >= 0.6 is 23.1 Å². The van der Waals surface area contributed by atoms with Crippen molar-refractivity contribution in [2.45, 2.75) is 30.7 Å². The Kier molecular flexibility index (Phi) is 5.85. The molecule has 1 amide bonds. The number of thiazole rings is 1. The van der Waals surface area contributed by atoms with Gasteiger partial charge in [-0.2, -0.15) is 0 Å². The molecule has 0 aliphatic heterocycles. The standard InChI is InChI=1S/C16H20N2O2S2/c1-16(2,3)20-14(19)17-9-10-21-15-18-13(11-22-15)12-7-5-4-6-8-12/h4-8,11H,9-10H2,1-3H3,(H,17,19). The Hall–Kier alpha value is -1.53. The molecule has 0 fully saturated rings. The fraction of sp³-hybridized carbons (Fsp3) is 0.375. The maximum Gasteiger partial charge on any atom is 0.407 e. The highest BCUT2D eigenvalue weighted by molar-refractivity contribution is 8.01. The van der Waals surface area contributed by atoms with Gasteiger partial charge in [0.15, 0.2) is 4.34 Å². The van der Waals surface area contributed by atoms with E-state index >= 15 is 0 Å². The molecule has 2 aromatic rings. The number of ether oxygens (including phenoxy) is 1. The molecule has 1 aromatic heterocycles. The third kappa shape index (κ3) is 5.69. The van der Waals surface area contributed by atoms with Gasteiger partial charge in [-0.3, -0.25) is 0 Å². The molecule has 0 bridgehead atoms. The molecule has 0 unspecified atom stereocenters. The molecule has 0 aliphatic rings. The molecule has 4 nitrogen and oxygen atoms in total. The minimum atomic E-state index is -0.461. The van der Waals surface area contributed by atoms with Gasteiger partial charge in [0.2, 0.25) is 0 Å². The molecule has 0 aliphatic carbocycles. The summed E-state index contributed by atoms with van der Waals surface area (Å²) in [5.74, 6) is 0.765. The summed E-state index contributed by atoms with van der Waals surface area (Å²) in [6.45, 7) is 6.10. The number of benzene rings is 1. The van der Waals surface area contributed by atoms with Gasteiger partial charge >= 0.3 is 6.09 Å². The first-order valence-electron chi connectivity index (χ1n) is 7.05. The Bertz CT molecular complexity index is 606. The smallest absolute Gasteiger partial charge is 0.407 e. The lowest BCUT2D eigenvalue weighted by molar-refractivity contribution is 0.0531. The van der Waals surface area contributed by atoms with Crippen LogP contribution in [0.4, 0.5) is 4.79 Å². The van der Waals surface area contributed by atoms with E-state index in [1.165, 1.54) is 0 Å². The van der Waals surface area contributed by atoms with Crippen molar-refractivity contribution in [3.8, 4) is 11.3 Å². The van der Waals surface area contributed by atoms with Crippen LogP contribution in [0.1, 0.15) is 20.8 Å². The summed E-state index contributed by atoms with van der Waals surface area (Å²) < 4.78 is 6.18. The van der Waals surface area contributed by atoms with Gasteiger partial charge in [-0.05, 0) is 20.8 Å². The summed E-state index contributed by atoms with van der Waals surface area (Å²) >= 11 is 3.25. The van der Waals surface area contributed by atoms with Gasteiger partial charge in [0.05, 0.1) is 5.69 Å². The van der Waals surface area contributed by atoms with Gasteiger partial charge < -0.3 is 10.1 Å². The van der Waals surface area contributed by atoms with E-state index in [4.69, 9.17) is 4.74 Å². The number of hydrogen-bond acceptors (Lipinski definition) is 5. The lowest BCUT2D eigenvalue weighted by Crippen LogP contribution is -2.33. The van der Waals surface area contributed by atoms with Crippen LogP contribution in [-0.2, 0) is 4.74 Å². The Labute approximate surface area is 139 Å². The average Bonchev–Trinajstić information content (AvgIpc) is 2.91. The molecule has 0 spiro atoms. The van der Waals surface area contributed by atoms with Crippen LogP contribution in [0.2, 0.25) is 0 Å². The minimum absolute atomic E-state index is 0.378. The van der Waals surface area contributed by atoms with E-state index < -0.39 is 5.60 Å². The summed E-state index contributed by atoms with van der Waals surface area (Å²) in [6.07, 6.45) is -0.378. The molecule has 2 rings (SSSR count). The number of amides is 1. The molecule has 6 heteroatoms. The quantitative estimate of drug-likeness (QED) is 0.648. The molecular weight excluding hydrogens is 316 g/mol. The molecule has 1 heterocycles. The lowest BCUT2D eigenvalue weighted by atomic mass is 10.2. The van der Waals surface area contributed by atoms with Crippen molar-refractivity contribution in [3.63, 3.8) is 0 Å². The monoisotopic (exact) mass is 336 g/mol. The molecule has 22 heavy (non-hydrogen) atoms. The fourth-order valence-electron chi connectivity index (χ4n) is 1.67. The molecule has 0 atom stereocenters. The van der Waals surface area contributed by atoms with Crippen molar-refractivity contribution in [1.82, 2.24) is 10.3 Å². The van der Waals surface area contributed by atoms with Crippen LogP contribution in [-0.4, -0.2) is 29.0 Å². The Morgan fingerprint density at radius 3 is 2.73 bits per heavy atom. The number of carbonyl (C=O) groups excluding carboxylic acids is 1. The van der Waals surface area contributed by atoms with E-state index in [2.05, 4.69) is 15.7 Å². The first kappa shape index (κ1) is 16.8. The number of hydrogen-bond donors (Lipinski definition) is 1. The highest BCUT2D eigenvalue weighted by atomic mass is 32.2. The van der Waals surface area contributed by atoms with E-state index in [1.54, 1.807) is 23.1 Å². The summed E-state index contributed by atoms with van der Waals surface area (Å²) in [5, 5.41) is 4.80. The molecular formula is C16H20N2O2S2. The lowest BCUT2D eigenvalue weighted by Gasteiger charge is -2.19. The maximum absolute atomic E-state index is 11.5. The van der Waals surface area contributed by atoms with Crippen molar-refractivity contribution in [2.75, 3.05) is 12.3 Å². The van der Waals surface area contributed by atoms with Crippen molar-refractivity contribution >= 4 is 29.2 Å². The zero-order valence-corrected chi connectivity index (χ0v) is 14.6. The molecule has 1 N–H and O–H groups in total. The average molecular weight is 336 g/mol. The third-order valence-corrected chi connectivity index (χ3v) is 4.57. The topological polar surface area (TPSA) is 51.2 Å². The molecule has 0 saturated heterocycles. The van der Waals surface area contributed by atoms with Crippen molar-refractivity contribution in [1.29, 1.82) is 0 Å². The van der Waals surface area contributed by atoms with Crippen LogP contribution in [0.25, 0.3) is 11.3 Å². The van der Waals surface area contributed by atoms with Gasteiger partial charge in [-0.25, -0.2) is 9.78 Å². The van der Waals surface area contributed by atoms with Gasteiger partial charge in [-0.15, -0.1) is 11.3 Å². The molecule has 1 aromatic carbocycles. The van der Waals surface area contributed by atoms with Crippen LogP contribution < -0.4 is 5.32 Å². The van der Waals surface area contributed by atoms with Crippen molar-refractivity contribution in [2.24, 2.45) is 0 Å². The Morgan fingerprint density at radius 2 is 2.05 bits per heavy atom. The molecule has 0 radical (unpaired) electrons. The second-order valence-electron chi connectivity index (χ2n) is 5.64. The maximum atomic E-state index is 11.5. The number of thioether (sulfide) groups is 1. The summed E-state index contributed by atoms with van der Waals surface area (Å²) in [6, 6.07) is 10.1. The predicted octanol–water partition coefficient (Wildman–Crippen LogP) is 4.43. The molecule has 0 saturated carbocycles. The van der Waals surface area contributed by atoms with Crippen LogP contribution in [0.5, 0.6) is 0 Å². The number of aromatic nitrogens is 1. The number of carbonyl (C=O) groups is 1. The minimum Gasteiger partial charge on any atom is -0.444 e. The van der Waals surface area contributed by atoms with Crippen molar-refractivity contribution < 1.29 is 9.53 Å². The summed E-state index contributed by atoms with van der Waals surface area (Å²) in [5.41, 5.74) is 1.66. The predicted molar refractivity (Wildman–Crippen MR) is 92.5 cm³/mol. The van der Waals surface area contributed by atoms with E-state index in [1.807, 2.05) is 51.1 Å². The largest absolute Gasteiger partial charge is 0.444 e. The van der Waals surface area contributed by atoms with E-state index in [-0.39, 0.29) is 6.09 Å². The molecule has 118 valence electrons. The highest BCUT2D eigenvalue weighted by Crippen LogP contribution is 2.27. The number of alkyl carbamates (subject to hydrolysis) is 1. The second-order valence-corrected chi connectivity index (χ2v) is 7.84. The number of rotatable bonds is 5. The highest BCUT2D eigenvalue weighted by Gasteiger charge is 2.15. The van der Waals surface area contributed by atoms with Gasteiger partial charge in [0.1, 0.15) is 5.60 Å². The van der Waals surface area contributed by atoms with Gasteiger partial charge in [0.25, 0.3) is 0 Å². The normalized spacial score (nSPS) is 11.2. The first-order valence-corrected chi connectivity index (χ1v) is 8.91. The Morgan fingerprint density at radius 1 is 1.32 bits per heavy atom. The fourth-order valence-corrected chi connectivity index (χ4v) is 3.43. The van der Waals surface area contributed by atoms with Gasteiger partial charge in [0, 0.05) is 23.2 Å². The second kappa shape index (κ2) is 7.65. The first-order chi connectivity index (χ1) is 10.4. The van der Waals surface area contributed by atoms with E-state index in [0.29, 0.717) is 6.54 Å². The van der Waals surface area contributed by atoms with Crippen LogP contribution in [0, 0.1) is 0 Å². The zero-order valence-electron chi connectivity index (χ0n) is 13.0. The zero-order chi connectivity index (χ0) is 16.0. The van der Waals surface area contributed by atoms with E-state index in [9.17, 15) is 4.79 Å². The van der Waals surface area contributed by atoms with Crippen LogP contribution in [0.3, 0.4) is 0 Å².